The number of carbonyl (C=O) groups excluding carboxylic acids is 6. The fourth-order valence-electron chi connectivity index (χ4n) is 5.04. The number of nitrogens with zero attached hydrogens (tertiary/aromatic N) is 2. The van der Waals surface area contributed by atoms with Gasteiger partial charge in [-0.3, -0.25) is 24.2 Å². The van der Waals surface area contributed by atoms with E-state index in [1.165, 1.54) is 6.07 Å². The number of Topliss-reactive ketones (excluding diaryl/α,β-unsaturated/α-hetero) is 1. The van der Waals surface area contributed by atoms with Crippen molar-refractivity contribution in [3.63, 3.8) is 0 Å². The van der Waals surface area contributed by atoms with Crippen LogP contribution in [0.3, 0.4) is 0 Å². The van der Waals surface area contributed by atoms with Crippen LogP contribution in [-0.2, 0) is 38.7 Å². The molecule has 4 rings (SSSR count). The lowest BCUT2D eigenvalue weighted by molar-refractivity contribution is -0.306. The van der Waals surface area contributed by atoms with E-state index in [9.17, 15) is 42.3 Å². The minimum atomic E-state index is -3.84. The average molecular weight is 602 g/mol. The number of ether oxygens (including phenoxy) is 1. The molecular formula is C27H29N4O10S-. The number of nitrogens with one attached hydrogen (secondary N) is 2. The number of ketones is 1. The monoisotopic (exact) mass is 601 g/mol. The van der Waals surface area contributed by atoms with Crippen LogP contribution < -0.4 is 15.1 Å². The van der Waals surface area contributed by atoms with E-state index in [2.05, 4.69) is 10.0 Å². The van der Waals surface area contributed by atoms with E-state index in [4.69, 9.17) is 4.74 Å². The van der Waals surface area contributed by atoms with Gasteiger partial charge in [0.25, 0.3) is 5.91 Å². The third-order valence-electron chi connectivity index (χ3n) is 6.95. The van der Waals surface area contributed by atoms with Crippen molar-refractivity contribution in [1.82, 2.24) is 20.1 Å². The number of esters is 1. The van der Waals surface area contributed by atoms with Gasteiger partial charge in [-0.15, -0.1) is 0 Å². The lowest BCUT2D eigenvalue weighted by atomic mass is 10.0. The predicted molar refractivity (Wildman–Crippen MR) is 143 cm³/mol. The number of hydrogen-bond donors (Lipinski definition) is 2. The zero-order valence-corrected chi connectivity index (χ0v) is 23.4. The van der Waals surface area contributed by atoms with Gasteiger partial charge in [-0.2, -0.15) is 0 Å². The number of carbonyl (C=O) groups is 6. The Morgan fingerprint density at radius 1 is 1.07 bits per heavy atom. The molecule has 2 aromatic carbocycles. The van der Waals surface area contributed by atoms with Crippen LogP contribution >= 0.6 is 0 Å². The van der Waals surface area contributed by atoms with E-state index in [0.29, 0.717) is 11.8 Å². The average Bonchev–Trinajstić information content (AvgIpc) is 3.06. The molecule has 14 nitrogen and oxygen atoms in total. The summed E-state index contributed by atoms with van der Waals surface area (Å²) in [5.41, 5.74) is 0.185. The minimum Gasteiger partial charge on any atom is -0.550 e. The van der Waals surface area contributed by atoms with Crippen molar-refractivity contribution < 1.29 is 47.0 Å². The summed E-state index contributed by atoms with van der Waals surface area (Å²) in [5.74, 6) is -5.72. The van der Waals surface area contributed by atoms with Gasteiger partial charge in [-0.1, -0.05) is 36.4 Å². The molecule has 0 bridgehead atoms. The number of amides is 3. The largest absolute Gasteiger partial charge is 0.550 e. The third kappa shape index (κ3) is 7.09. The lowest BCUT2D eigenvalue weighted by Crippen LogP contribution is -2.64. The molecule has 0 saturated carbocycles. The molecule has 3 atom stereocenters. The van der Waals surface area contributed by atoms with Gasteiger partial charge < -0.3 is 20.0 Å². The summed E-state index contributed by atoms with van der Waals surface area (Å²) < 4.78 is 30.9. The van der Waals surface area contributed by atoms with Crippen LogP contribution in [-0.4, -0.2) is 91.4 Å². The highest BCUT2D eigenvalue weighted by atomic mass is 32.2. The van der Waals surface area contributed by atoms with E-state index in [-0.39, 0.29) is 31.4 Å². The summed E-state index contributed by atoms with van der Waals surface area (Å²) in [6.07, 6.45) is -0.0152. The number of carboxylic acid groups (broad SMARTS) is 1. The molecule has 3 amide bonds. The van der Waals surface area contributed by atoms with Crippen LogP contribution in [0.5, 0.6) is 0 Å². The summed E-state index contributed by atoms with van der Waals surface area (Å²) in [5, 5.41) is 17.0. The van der Waals surface area contributed by atoms with Crippen molar-refractivity contribution >= 4 is 56.2 Å². The van der Waals surface area contributed by atoms with Crippen molar-refractivity contribution in [2.45, 2.75) is 50.2 Å². The van der Waals surface area contributed by atoms with Crippen LogP contribution in [0.4, 0.5) is 0 Å². The van der Waals surface area contributed by atoms with E-state index in [0.717, 1.165) is 21.7 Å². The zero-order chi connectivity index (χ0) is 30.6. The van der Waals surface area contributed by atoms with Crippen molar-refractivity contribution in [1.29, 1.82) is 0 Å². The Labute approximate surface area is 241 Å². The first-order valence-corrected chi connectivity index (χ1v) is 15.0. The first-order chi connectivity index (χ1) is 19.9. The van der Waals surface area contributed by atoms with Crippen LogP contribution in [0.25, 0.3) is 10.8 Å². The SMILES string of the molecule is CS(=O)(=O)NC1CCC(=O)N2CCCC(C(=O)NC(CC(=O)[O-])C(=O)COC(=O)c3cccc4ccccc34)N2C1=O. The van der Waals surface area contributed by atoms with Gasteiger partial charge in [-0.25, -0.2) is 22.9 Å². The Bertz CT molecular complexity index is 1540. The van der Waals surface area contributed by atoms with Crippen LogP contribution in [0.1, 0.15) is 42.5 Å². The normalized spacial score (nSPS) is 19.9. The van der Waals surface area contributed by atoms with Crippen LogP contribution in [0, 0.1) is 0 Å². The smallest absolute Gasteiger partial charge is 0.339 e. The molecular weight excluding hydrogens is 572 g/mol. The Hall–Kier alpha value is -4.37. The molecule has 0 aromatic heterocycles. The second-order valence-electron chi connectivity index (χ2n) is 10.0. The fourth-order valence-corrected chi connectivity index (χ4v) is 5.77. The molecule has 2 saturated heterocycles. The van der Waals surface area contributed by atoms with Gasteiger partial charge >= 0.3 is 5.97 Å². The molecule has 0 spiro atoms. The number of carboxylic acids is 1. The van der Waals surface area contributed by atoms with Gasteiger partial charge in [0, 0.05) is 25.4 Å². The van der Waals surface area contributed by atoms with Gasteiger partial charge in [-0.05, 0) is 36.1 Å². The van der Waals surface area contributed by atoms with Gasteiger partial charge in [0.05, 0.1) is 17.9 Å². The highest BCUT2D eigenvalue weighted by Gasteiger charge is 2.45. The number of fused-ring (bicyclic) bond motifs is 2. The van der Waals surface area contributed by atoms with Crippen molar-refractivity contribution in [3.05, 3.63) is 48.0 Å². The summed E-state index contributed by atoms with van der Waals surface area (Å²) in [7, 11) is -3.84. The van der Waals surface area contributed by atoms with E-state index >= 15 is 0 Å². The molecule has 0 aliphatic carbocycles. The van der Waals surface area contributed by atoms with Gasteiger partial charge in [0.15, 0.2) is 12.4 Å². The predicted octanol–water partition coefficient (Wildman–Crippen LogP) is -1.36. The first kappa shape index (κ1) is 30.6. The van der Waals surface area contributed by atoms with E-state index in [1.807, 2.05) is 0 Å². The fraction of sp³-hybridized carbons (Fsp3) is 0.407. The number of hydrogen-bond acceptors (Lipinski definition) is 10. The third-order valence-corrected chi connectivity index (χ3v) is 7.66. The molecule has 2 aliphatic rings. The van der Waals surface area contributed by atoms with E-state index < -0.39 is 76.6 Å². The molecule has 42 heavy (non-hydrogen) atoms. The number of hydrazine groups is 1. The van der Waals surface area contributed by atoms with Gasteiger partial charge in [0.2, 0.25) is 21.8 Å². The summed E-state index contributed by atoms with van der Waals surface area (Å²) in [6.45, 7) is -0.760. The number of rotatable bonds is 10. The molecule has 2 aromatic rings. The van der Waals surface area contributed by atoms with E-state index in [1.54, 1.807) is 36.4 Å². The van der Waals surface area contributed by atoms with Crippen LogP contribution in [0.15, 0.2) is 42.5 Å². The molecule has 2 fully saturated rings. The molecule has 2 aliphatic heterocycles. The molecule has 2 N–H and O–H groups in total. The first-order valence-electron chi connectivity index (χ1n) is 13.1. The lowest BCUT2D eigenvalue weighted by Gasteiger charge is -2.43. The second-order valence-corrected chi connectivity index (χ2v) is 11.8. The summed E-state index contributed by atoms with van der Waals surface area (Å²) >= 11 is 0. The Morgan fingerprint density at radius 2 is 1.79 bits per heavy atom. The second kappa shape index (κ2) is 12.7. The molecule has 224 valence electrons. The zero-order valence-electron chi connectivity index (χ0n) is 22.6. The maximum Gasteiger partial charge on any atom is 0.339 e. The standard InChI is InChI=1S/C27H30N4O10S/c1-42(39,40)29-19-11-12-23(33)30-13-5-10-21(31(30)26(19)37)25(36)28-20(14-24(34)35)22(32)15-41-27(38)18-9-4-7-16-6-2-3-8-17(16)18/h2-4,6-9,19-21,29H,5,10-15H2,1H3,(H,28,36)(H,34,35)/p-1. The maximum atomic E-state index is 13.4. The minimum absolute atomic E-state index is 0.0508. The number of sulfonamides is 1. The Morgan fingerprint density at radius 3 is 2.50 bits per heavy atom. The maximum absolute atomic E-state index is 13.4. The summed E-state index contributed by atoms with van der Waals surface area (Å²) in [6, 6.07) is 7.61. The molecule has 15 heteroatoms. The van der Waals surface area contributed by atoms with Crippen molar-refractivity contribution in [2.24, 2.45) is 0 Å². The topological polar surface area (TPSA) is 199 Å². The number of aliphatic carboxylic acids is 1. The summed E-state index contributed by atoms with van der Waals surface area (Å²) in [4.78, 5) is 76.5. The highest BCUT2D eigenvalue weighted by Crippen LogP contribution is 2.25. The quantitative estimate of drug-likeness (QED) is 0.307. The van der Waals surface area contributed by atoms with Crippen LogP contribution in [0.2, 0.25) is 0 Å². The number of benzene rings is 2. The molecule has 2 heterocycles. The Kier molecular flexibility index (Phi) is 9.21. The Balaban J connectivity index is 1.49. The van der Waals surface area contributed by atoms with Crippen molar-refractivity contribution in [3.8, 4) is 0 Å². The molecule has 0 radical (unpaired) electrons. The molecule has 3 unspecified atom stereocenters. The highest BCUT2D eigenvalue weighted by molar-refractivity contribution is 7.88. The van der Waals surface area contributed by atoms with Gasteiger partial charge in [0.1, 0.15) is 12.1 Å². The van der Waals surface area contributed by atoms with Crippen molar-refractivity contribution in [2.75, 3.05) is 19.4 Å².